The molecule has 0 aromatic carbocycles. The molecule has 1 aromatic rings. The maximum Gasteiger partial charge on any atom is 0.375 e. The molecule has 1 aromatic heterocycles. The monoisotopic (exact) mass is 299 g/mol. The first-order chi connectivity index (χ1) is 9.43. The van der Waals surface area contributed by atoms with Crippen LogP contribution in [0.4, 0.5) is 0 Å². The third-order valence-electron chi connectivity index (χ3n) is 2.12. The SMILES string of the molecule is CCOC(=O)C(=O)CC(=O)c1cnc(OCC(C)C)s1. The number of hydrogen-bond donors (Lipinski definition) is 0. The Bertz CT molecular complexity index is 495. The summed E-state index contributed by atoms with van der Waals surface area (Å²) < 4.78 is 9.90. The molecule has 0 spiro atoms. The number of aromatic nitrogens is 1. The molecule has 0 saturated heterocycles. The Morgan fingerprint density at radius 1 is 1.35 bits per heavy atom. The zero-order chi connectivity index (χ0) is 15.1. The van der Waals surface area contributed by atoms with E-state index < -0.39 is 24.0 Å². The minimum atomic E-state index is -0.985. The fourth-order valence-corrected chi connectivity index (χ4v) is 1.92. The quantitative estimate of drug-likeness (QED) is 0.315. The highest BCUT2D eigenvalue weighted by Crippen LogP contribution is 2.22. The van der Waals surface area contributed by atoms with Crippen LogP contribution in [0.25, 0.3) is 0 Å². The number of nitrogens with zero attached hydrogens (tertiary/aromatic N) is 1. The highest BCUT2D eigenvalue weighted by Gasteiger charge is 2.21. The zero-order valence-electron chi connectivity index (χ0n) is 11.7. The summed E-state index contributed by atoms with van der Waals surface area (Å²) in [6.07, 6.45) is 0.839. The predicted molar refractivity (Wildman–Crippen MR) is 73.0 cm³/mol. The summed E-state index contributed by atoms with van der Waals surface area (Å²) in [5.74, 6) is -1.94. The molecule has 0 aliphatic carbocycles. The van der Waals surface area contributed by atoms with E-state index in [0.29, 0.717) is 22.6 Å². The summed E-state index contributed by atoms with van der Waals surface area (Å²) >= 11 is 1.06. The minimum absolute atomic E-state index is 0.104. The average molecular weight is 299 g/mol. The number of ketones is 2. The topological polar surface area (TPSA) is 82.6 Å². The van der Waals surface area contributed by atoms with Gasteiger partial charge in [-0.3, -0.25) is 9.59 Å². The van der Waals surface area contributed by atoms with Crippen LogP contribution < -0.4 is 4.74 Å². The lowest BCUT2D eigenvalue weighted by Gasteiger charge is -2.03. The highest BCUT2D eigenvalue weighted by atomic mass is 32.1. The van der Waals surface area contributed by atoms with Gasteiger partial charge >= 0.3 is 5.97 Å². The van der Waals surface area contributed by atoms with Gasteiger partial charge in [-0.25, -0.2) is 9.78 Å². The summed E-state index contributed by atoms with van der Waals surface area (Å²) in [6.45, 7) is 6.19. The number of ether oxygens (including phenoxy) is 2. The first-order valence-corrected chi connectivity index (χ1v) is 7.07. The predicted octanol–water partition coefficient (Wildman–Crippen LogP) is 1.88. The second kappa shape index (κ2) is 7.74. The molecule has 20 heavy (non-hydrogen) atoms. The molecule has 1 heterocycles. The van der Waals surface area contributed by atoms with Crippen molar-refractivity contribution >= 4 is 28.9 Å². The van der Waals surface area contributed by atoms with Crippen molar-refractivity contribution in [2.45, 2.75) is 27.2 Å². The van der Waals surface area contributed by atoms with Crippen molar-refractivity contribution in [2.75, 3.05) is 13.2 Å². The molecule has 0 N–H and O–H groups in total. The van der Waals surface area contributed by atoms with Crippen molar-refractivity contribution in [3.8, 4) is 5.19 Å². The molecule has 0 aliphatic heterocycles. The van der Waals surface area contributed by atoms with Gasteiger partial charge in [-0.1, -0.05) is 25.2 Å². The van der Waals surface area contributed by atoms with E-state index in [-0.39, 0.29) is 6.61 Å². The Balaban J connectivity index is 2.55. The normalized spacial score (nSPS) is 10.4. The Kier molecular flexibility index (Phi) is 6.30. The maximum atomic E-state index is 11.8. The van der Waals surface area contributed by atoms with E-state index in [9.17, 15) is 14.4 Å². The van der Waals surface area contributed by atoms with Crippen molar-refractivity contribution < 1.29 is 23.9 Å². The molecule has 0 unspecified atom stereocenters. The lowest BCUT2D eigenvalue weighted by Crippen LogP contribution is -2.20. The molecule has 0 bridgehead atoms. The number of carbonyl (C=O) groups is 3. The van der Waals surface area contributed by atoms with Gasteiger partial charge in [0, 0.05) is 0 Å². The van der Waals surface area contributed by atoms with E-state index in [2.05, 4.69) is 9.72 Å². The number of hydrogen-bond acceptors (Lipinski definition) is 7. The van der Waals surface area contributed by atoms with Crippen molar-refractivity contribution in [1.82, 2.24) is 4.98 Å². The molecule has 7 heteroatoms. The van der Waals surface area contributed by atoms with Crippen molar-refractivity contribution in [1.29, 1.82) is 0 Å². The standard InChI is InChI=1S/C13H17NO5S/c1-4-18-12(17)10(16)5-9(15)11-6-14-13(20-11)19-7-8(2)3/h6,8H,4-5,7H2,1-3H3. The van der Waals surface area contributed by atoms with Crippen molar-refractivity contribution in [3.05, 3.63) is 11.1 Å². The second-order valence-electron chi connectivity index (χ2n) is 4.44. The molecular formula is C13H17NO5S. The van der Waals surface area contributed by atoms with E-state index >= 15 is 0 Å². The largest absolute Gasteiger partial charge is 0.470 e. The van der Waals surface area contributed by atoms with E-state index in [1.165, 1.54) is 6.20 Å². The van der Waals surface area contributed by atoms with E-state index in [1.54, 1.807) is 6.92 Å². The van der Waals surface area contributed by atoms with Crippen LogP contribution in [0.3, 0.4) is 0 Å². The molecule has 0 fully saturated rings. The van der Waals surface area contributed by atoms with Gasteiger partial charge in [0.2, 0.25) is 5.78 Å². The fraction of sp³-hybridized carbons (Fsp3) is 0.538. The first-order valence-electron chi connectivity index (χ1n) is 6.25. The molecular weight excluding hydrogens is 282 g/mol. The van der Waals surface area contributed by atoms with Crippen LogP contribution in [0.2, 0.25) is 0 Å². The minimum Gasteiger partial charge on any atom is -0.470 e. The molecule has 0 aliphatic rings. The Hall–Kier alpha value is -1.76. The Morgan fingerprint density at radius 3 is 2.65 bits per heavy atom. The number of thiazole rings is 1. The van der Waals surface area contributed by atoms with Gasteiger partial charge in [0.25, 0.3) is 5.19 Å². The molecule has 1 rings (SSSR count). The molecule has 0 amide bonds. The molecule has 0 saturated carbocycles. The summed E-state index contributed by atoms with van der Waals surface area (Å²) in [7, 11) is 0. The van der Waals surface area contributed by atoms with Crippen LogP contribution in [-0.2, 0) is 14.3 Å². The molecule has 0 radical (unpaired) electrons. The third kappa shape index (κ3) is 5.08. The first kappa shape index (κ1) is 16.3. The molecule has 6 nitrogen and oxygen atoms in total. The number of carbonyl (C=O) groups excluding carboxylic acids is 3. The van der Waals surface area contributed by atoms with Crippen LogP contribution in [0.15, 0.2) is 6.20 Å². The van der Waals surface area contributed by atoms with Crippen LogP contribution in [0.5, 0.6) is 5.19 Å². The summed E-state index contributed by atoms with van der Waals surface area (Å²) in [6, 6.07) is 0. The number of Topliss-reactive ketones (excluding diaryl/α,β-unsaturated/α-hetero) is 2. The second-order valence-corrected chi connectivity index (χ2v) is 5.43. The van der Waals surface area contributed by atoms with E-state index in [4.69, 9.17) is 4.74 Å². The molecule has 0 atom stereocenters. The highest BCUT2D eigenvalue weighted by molar-refractivity contribution is 7.15. The lowest BCUT2D eigenvalue weighted by atomic mass is 10.2. The summed E-state index contributed by atoms with van der Waals surface area (Å²) in [4.78, 5) is 38.6. The summed E-state index contributed by atoms with van der Waals surface area (Å²) in [5.41, 5.74) is 0. The Labute approximate surface area is 121 Å². The average Bonchev–Trinajstić information content (AvgIpc) is 2.85. The van der Waals surface area contributed by atoms with Gasteiger partial charge in [-0.15, -0.1) is 0 Å². The van der Waals surface area contributed by atoms with Gasteiger partial charge in [0.1, 0.15) is 0 Å². The van der Waals surface area contributed by atoms with E-state index in [1.807, 2.05) is 13.8 Å². The maximum absolute atomic E-state index is 11.8. The van der Waals surface area contributed by atoms with Crippen LogP contribution in [-0.4, -0.2) is 35.7 Å². The van der Waals surface area contributed by atoms with Gasteiger partial charge in [0.15, 0.2) is 5.78 Å². The third-order valence-corrected chi connectivity index (χ3v) is 3.07. The smallest absolute Gasteiger partial charge is 0.375 e. The van der Waals surface area contributed by atoms with Crippen LogP contribution in [0.1, 0.15) is 36.9 Å². The zero-order valence-corrected chi connectivity index (χ0v) is 12.5. The van der Waals surface area contributed by atoms with Crippen LogP contribution >= 0.6 is 11.3 Å². The van der Waals surface area contributed by atoms with E-state index in [0.717, 1.165) is 11.3 Å². The number of rotatable bonds is 8. The Morgan fingerprint density at radius 2 is 2.05 bits per heavy atom. The van der Waals surface area contributed by atoms with Gasteiger partial charge in [-0.05, 0) is 12.8 Å². The number of esters is 1. The van der Waals surface area contributed by atoms with Crippen molar-refractivity contribution in [3.63, 3.8) is 0 Å². The van der Waals surface area contributed by atoms with Crippen molar-refractivity contribution in [2.24, 2.45) is 5.92 Å². The van der Waals surface area contributed by atoms with Gasteiger partial charge in [-0.2, -0.15) is 0 Å². The van der Waals surface area contributed by atoms with Gasteiger partial charge < -0.3 is 9.47 Å². The van der Waals surface area contributed by atoms with Crippen LogP contribution in [0, 0.1) is 5.92 Å². The fourth-order valence-electron chi connectivity index (χ4n) is 1.21. The van der Waals surface area contributed by atoms with Gasteiger partial charge in [0.05, 0.1) is 30.7 Å². The molecule has 110 valence electrons. The summed E-state index contributed by atoms with van der Waals surface area (Å²) in [5, 5.41) is 0.380. The lowest BCUT2D eigenvalue weighted by molar-refractivity contribution is -0.153.